The lowest BCUT2D eigenvalue weighted by Gasteiger charge is -2.30. The number of para-hydroxylation sites is 1. The second-order valence-electron chi connectivity index (χ2n) is 7.83. The maximum Gasteiger partial charge on any atom is 0.256 e. The average Bonchev–Trinajstić information content (AvgIpc) is 2.77. The first-order chi connectivity index (χ1) is 14.6. The van der Waals surface area contributed by atoms with Gasteiger partial charge in [-0.15, -0.1) is 0 Å². The predicted molar refractivity (Wildman–Crippen MR) is 118 cm³/mol. The third-order valence-electron chi connectivity index (χ3n) is 5.44. The molecule has 2 amide bonds. The zero-order chi connectivity index (χ0) is 21.3. The third kappa shape index (κ3) is 5.83. The van der Waals surface area contributed by atoms with Crippen LogP contribution in [0.2, 0.25) is 0 Å². The Balaban J connectivity index is 1.63. The van der Waals surface area contributed by atoms with Gasteiger partial charge in [0.05, 0.1) is 51.1 Å². The van der Waals surface area contributed by atoms with E-state index in [0.29, 0.717) is 23.4 Å². The molecule has 160 valence electrons. The van der Waals surface area contributed by atoms with Gasteiger partial charge in [0.2, 0.25) is 0 Å². The van der Waals surface area contributed by atoms with E-state index in [1.165, 1.54) is 4.90 Å². The number of benzene rings is 2. The number of carbonyl (C=O) groups excluding carboxylic acids is 2. The monoisotopic (exact) mass is 410 g/mol. The van der Waals surface area contributed by atoms with Crippen molar-refractivity contribution in [2.45, 2.75) is 26.2 Å². The van der Waals surface area contributed by atoms with E-state index in [1.807, 2.05) is 29.2 Å². The maximum absolute atomic E-state index is 13.0. The van der Waals surface area contributed by atoms with E-state index in [2.05, 4.69) is 19.3 Å². The maximum atomic E-state index is 13.0. The van der Waals surface area contributed by atoms with Gasteiger partial charge >= 0.3 is 0 Å². The van der Waals surface area contributed by atoms with Crippen molar-refractivity contribution in [3.8, 4) is 5.75 Å². The van der Waals surface area contributed by atoms with Gasteiger partial charge in [-0.25, -0.2) is 0 Å². The Morgan fingerprint density at radius 1 is 1.03 bits per heavy atom. The molecule has 3 rings (SSSR count). The number of likely N-dealkylation sites (N-methyl/N-ethyl adjacent to an activating group) is 1. The van der Waals surface area contributed by atoms with Gasteiger partial charge in [-0.2, -0.15) is 0 Å². The van der Waals surface area contributed by atoms with Gasteiger partial charge in [-0.3, -0.25) is 9.59 Å². The Morgan fingerprint density at radius 2 is 1.73 bits per heavy atom. The number of nitrogens with zero attached hydrogens (tertiary/aromatic N) is 1. The van der Waals surface area contributed by atoms with Crippen LogP contribution in [0.5, 0.6) is 5.75 Å². The first kappa shape index (κ1) is 21.8. The molecule has 30 heavy (non-hydrogen) atoms. The number of nitrogens with one attached hydrogen (secondary N) is 2. The number of ether oxygens (including phenoxy) is 1. The topological polar surface area (TPSA) is 63.1 Å². The number of amides is 2. The Bertz CT molecular complexity index is 843. The van der Waals surface area contributed by atoms with E-state index in [9.17, 15) is 9.59 Å². The molecule has 1 aliphatic heterocycles. The largest absolute Gasteiger partial charge is 0.494 e. The van der Waals surface area contributed by atoms with E-state index in [-0.39, 0.29) is 11.8 Å². The summed E-state index contributed by atoms with van der Waals surface area (Å²) in [6.45, 7) is 6.17. The number of hydrogen-bond donors (Lipinski definition) is 2. The first-order valence-corrected chi connectivity index (χ1v) is 10.8. The summed E-state index contributed by atoms with van der Waals surface area (Å²) in [6.07, 6.45) is 3.33. The normalized spacial score (nSPS) is 14.4. The summed E-state index contributed by atoms with van der Waals surface area (Å²) >= 11 is 0. The number of piperazine rings is 1. The zero-order valence-corrected chi connectivity index (χ0v) is 17.9. The molecule has 6 nitrogen and oxygen atoms in total. The fraction of sp³-hybridized carbons (Fsp3) is 0.417. The van der Waals surface area contributed by atoms with E-state index in [0.717, 1.165) is 51.2 Å². The minimum atomic E-state index is -0.240. The van der Waals surface area contributed by atoms with Crippen LogP contribution in [0, 0.1) is 0 Å². The van der Waals surface area contributed by atoms with Crippen LogP contribution in [0.25, 0.3) is 0 Å². The van der Waals surface area contributed by atoms with Gasteiger partial charge in [0.1, 0.15) is 5.75 Å². The standard InChI is InChI=1S/C24H31N3O3/c1-3-4-7-18-30-20-12-10-19(11-13-20)23(28)25-22-9-6-5-8-21(22)24(29)27-16-14-26(2)15-17-27/h5-6,8-13H,3-4,7,14-18H2,1-2H3,(H,25,28)/p+1. The molecule has 0 aromatic heterocycles. The van der Waals surface area contributed by atoms with Gasteiger partial charge in [-0.1, -0.05) is 31.9 Å². The summed E-state index contributed by atoms with van der Waals surface area (Å²) in [6, 6.07) is 14.3. The smallest absolute Gasteiger partial charge is 0.256 e. The Labute approximate surface area is 178 Å². The van der Waals surface area contributed by atoms with Crippen molar-refractivity contribution in [2.75, 3.05) is 45.2 Å². The molecule has 2 N–H and O–H groups in total. The van der Waals surface area contributed by atoms with Crippen LogP contribution in [0.15, 0.2) is 48.5 Å². The van der Waals surface area contributed by atoms with Crippen molar-refractivity contribution in [2.24, 2.45) is 0 Å². The molecule has 6 heteroatoms. The molecule has 0 aliphatic carbocycles. The van der Waals surface area contributed by atoms with Crippen LogP contribution in [-0.2, 0) is 0 Å². The van der Waals surface area contributed by atoms with E-state index >= 15 is 0 Å². The molecule has 0 unspecified atom stereocenters. The van der Waals surface area contributed by atoms with Gasteiger partial charge in [-0.05, 0) is 42.8 Å². The molecule has 0 atom stereocenters. The number of carbonyl (C=O) groups is 2. The summed E-state index contributed by atoms with van der Waals surface area (Å²) in [4.78, 5) is 29.0. The van der Waals surface area contributed by atoms with Crippen molar-refractivity contribution >= 4 is 17.5 Å². The Kier molecular flexibility index (Phi) is 7.85. The minimum Gasteiger partial charge on any atom is -0.494 e. The zero-order valence-electron chi connectivity index (χ0n) is 17.9. The molecule has 0 radical (unpaired) electrons. The minimum absolute atomic E-state index is 0.0331. The number of hydrogen-bond acceptors (Lipinski definition) is 3. The molecule has 0 spiro atoms. The summed E-state index contributed by atoms with van der Waals surface area (Å²) in [5, 5.41) is 2.90. The van der Waals surface area contributed by atoms with Crippen LogP contribution in [0.3, 0.4) is 0 Å². The Morgan fingerprint density at radius 3 is 2.43 bits per heavy atom. The van der Waals surface area contributed by atoms with Gasteiger partial charge < -0.3 is 19.9 Å². The fourth-order valence-electron chi connectivity index (χ4n) is 3.48. The van der Waals surface area contributed by atoms with Crippen LogP contribution in [0.1, 0.15) is 46.9 Å². The quantitative estimate of drug-likeness (QED) is 0.658. The van der Waals surface area contributed by atoms with E-state index in [1.54, 1.807) is 24.3 Å². The van der Waals surface area contributed by atoms with Gasteiger partial charge in [0.15, 0.2) is 0 Å². The molecule has 1 saturated heterocycles. The third-order valence-corrected chi connectivity index (χ3v) is 5.44. The highest BCUT2D eigenvalue weighted by atomic mass is 16.5. The molecule has 2 aromatic carbocycles. The van der Waals surface area contributed by atoms with Crippen LogP contribution >= 0.6 is 0 Å². The highest BCUT2D eigenvalue weighted by Crippen LogP contribution is 2.20. The van der Waals surface area contributed by atoms with E-state index in [4.69, 9.17) is 4.74 Å². The molecule has 1 aliphatic rings. The highest BCUT2D eigenvalue weighted by Gasteiger charge is 2.24. The molecular formula is C24H32N3O3+. The van der Waals surface area contributed by atoms with Crippen molar-refractivity contribution in [1.82, 2.24) is 4.90 Å². The molecule has 0 saturated carbocycles. The first-order valence-electron chi connectivity index (χ1n) is 10.8. The fourth-order valence-corrected chi connectivity index (χ4v) is 3.48. The predicted octanol–water partition coefficient (Wildman–Crippen LogP) is 2.48. The summed E-state index contributed by atoms with van der Waals surface area (Å²) in [7, 11) is 2.14. The van der Waals surface area contributed by atoms with Crippen LogP contribution < -0.4 is 15.0 Å². The van der Waals surface area contributed by atoms with Gasteiger partial charge in [0.25, 0.3) is 11.8 Å². The molecular weight excluding hydrogens is 378 g/mol. The van der Waals surface area contributed by atoms with Crippen molar-refractivity contribution < 1.29 is 19.2 Å². The lowest BCUT2D eigenvalue weighted by Crippen LogP contribution is -3.12. The summed E-state index contributed by atoms with van der Waals surface area (Å²) in [5.41, 5.74) is 1.60. The average molecular weight is 411 g/mol. The van der Waals surface area contributed by atoms with Crippen molar-refractivity contribution in [3.63, 3.8) is 0 Å². The van der Waals surface area contributed by atoms with Gasteiger partial charge in [0, 0.05) is 5.56 Å². The second-order valence-corrected chi connectivity index (χ2v) is 7.83. The van der Waals surface area contributed by atoms with E-state index < -0.39 is 0 Å². The number of unbranched alkanes of at least 4 members (excludes halogenated alkanes) is 2. The summed E-state index contributed by atoms with van der Waals surface area (Å²) in [5.74, 6) is 0.486. The number of anilines is 1. The molecule has 1 fully saturated rings. The highest BCUT2D eigenvalue weighted by molar-refractivity contribution is 6.09. The SMILES string of the molecule is CCCCCOc1ccc(C(=O)Nc2ccccc2C(=O)N2CC[NH+](C)CC2)cc1. The van der Waals surface area contributed by atoms with Crippen LogP contribution in [0.4, 0.5) is 5.69 Å². The number of rotatable bonds is 8. The molecule has 2 aromatic rings. The Hall–Kier alpha value is -2.86. The van der Waals surface area contributed by atoms with Crippen LogP contribution in [-0.4, -0.2) is 56.5 Å². The lowest BCUT2D eigenvalue weighted by molar-refractivity contribution is -0.883. The molecule has 1 heterocycles. The van der Waals surface area contributed by atoms with Crippen molar-refractivity contribution in [1.29, 1.82) is 0 Å². The summed E-state index contributed by atoms with van der Waals surface area (Å²) < 4.78 is 5.70. The van der Waals surface area contributed by atoms with Crippen molar-refractivity contribution in [3.05, 3.63) is 59.7 Å². The second kappa shape index (κ2) is 10.8. The molecule has 0 bridgehead atoms. The number of quaternary nitrogens is 1. The lowest BCUT2D eigenvalue weighted by atomic mass is 10.1.